The molecule has 7 heteroatoms. The van der Waals surface area contributed by atoms with Gasteiger partial charge in [-0.2, -0.15) is 4.98 Å². The number of nitrogens with zero attached hydrogens (tertiary/aromatic N) is 5. The summed E-state index contributed by atoms with van der Waals surface area (Å²) < 4.78 is 1.66. The van der Waals surface area contributed by atoms with Crippen LogP contribution in [0, 0.1) is 0 Å². The molecule has 1 aliphatic heterocycles. The van der Waals surface area contributed by atoms with E-state index in [-0.39, 0.29) is 11.9 Å². The van der Waals surface area contributed by atoms with Crippen LogP contribution >= 0.6 is 0 Å². The maximum absolute atomic E-state index is 12.4. The molecule has 1 fully saturated rings. The topological polar surface area (TPSA) is 75.4 Å². The summed E-state index contributed by atoms with van der Waals surface area (Å²) in [6.07, 6.45) is 4.20. The van der Waals surface area contributed by atoms with Crippen LogP contribution in [-0.4, -0.2) is 49.5 Å². The summed E-state index contributed by atoms with van der Waals surface area (Å²) in [4.78, 5) is 23.1. The number of benzene rings is 1. The minimum atomic E-state index is -0.208. The first-order valence-electron chi connectivity index (χ1n) is 8.01. The highest BCUT2D eigenvalue weighted by Gasteiger charge is 2.30. The summed E-state index contributed by atoms with van der Waals surface area (Å²) in [6.45, 7) is 1.97. The Hall–Kier alpha value is -2.80. The molecule has 1 saturated heterocycles. The van der Waals surface area contributed by atoms with Gasteiger partial charge in [-0.25, -0.2) is 9.50 Å². The third-order valence-electron chi connectivity index (χ3n) is 4.22. The van der Waals surface area contributed by atoms with Crippen LogP contribution in [0.5, 0.6) is 0 Å². The highest BCUT2D eigenvalue weighted by atomic mass is 16.2. The number of piperazine rings is 1. The van der Waals surface area contributed by atoms with Gasteiger partial charge in [-0.05, 0) is 18.1 Å². The van der Waals surface area contributed by atoms with Crippen molar-refractivity contribution >= 4 is 11.7 Å². The highest BCUT2D eigenvalue weighted by Crippen LogP contribution is 2.14. The Morgan fingerprint density at radius 1 is 1.21 bits per heavy atom. The van der Waals surface area contributed by atoms with Crippen LogP contribution in [0.15, 0.2) is 48.8 Å². The second-order valence-corrected chi connectivity index (χ2v) is 5.86. The molecule has 0 aliphatic carbocycles. The van der Waals surface area contributed by atoms with Crippen molar-refractivity contribution in [1.29, 1.82) is 0 Å². The third kappa shape index (κ3) is 2.98. The molecule has 1 N–H and O–H groups in total. The Kier molecular flexibility index (Phi) is 3.92. The predicted octanol–water partition coefficient (Wildman–Crippen LogP) is 0.667. The smallest absolute Gasteiger partial charge is 0.252 e. The lowest BCUT2D eigenvalue weighted by Crippen LogP contribution is -2.55. The summed E-state index contributed by atoms with van der Waals surface area (Å²) in [5.41, 5.74) is 1.15. The van der Waals surface area contributed by atoms with E-state index in [0.717, 1.165) is 12.1 Å². The van der Waals surface area contributed by atoms with E-state index in [1.54, 1.807) is 10.7 Å². The number of amides is 1. The fourth-order valence-corrected chi connectivity index (χ4v) is 3.04. The van der Waals surface area contributed by atoms with Gasteiger partial charge in [-0.3, -0.25) is 9.69 Å². The number of carbonyl (C=O) groups excluding carboxylic acids is 1. The number of hydrogen-bond acceptors (Lipinski definition) is 5. The van der Waals surface area contributed by atoms with E-state index in [1.807, 2.05) is 42.6 Å². The van der Waals surface area contributed by atoms with E-state index in [9.17, 15) is 4.79 Å². The van der Waals surface area contributed by atoms with E-state index < -0.39 is 0 Å². The van der Waals surface area contributed by atoms with E-state index in [0.29, 0.717) is 31.1 Å². The molecule has 0 spiro atoms. The fourth-order valence-electron chi connectivity index (χ4n) is 3.04. The third-order valence-corrected chi connectivity index (χ3v) is 4.22. The van der Waals surface area contributed by atoms with Crippen molar-refractivity contribution in [3.05, 3.63) is 60.2 Å². The Bertz CT molecular complexity index is 813. The quantitative estimate of drug-likeness (QED) is 0.764. The predicted molar refractivity (Wildman–Crippen MR) is 88.1 cm³/mol. The zero-order valence-corrected chi connectivity index (χ0v) is 13.2. The van der Waals surface area contributed by atoms with Crippen molar-refractivity contribution in [3.8, 4) is 0 Å². The lowest BCUT2D eigenvalue weighted by atomic mass is 10.0. The first-order chi connectivity index (χ1) is 11.8. The van der Waals surface area contributed by atoms with Crippen LogP contribution in [0.4, 0.5) is 0 Å². The molecule has 2 aromatic heterocycles. The van der Waals surface area contributed by atoms with Crippen molar-refractivity contribution in [2.45, 2.75) is 19.0 Å². The van der Waals surface area contributed by atoms with E-state index in [1.165, 1.54) is 0 Å². The highest BCUT2D eigenvalue weighted by molar-refractivity contribution is 5.82. The lowest BCUT2D eigenvalue weighted by molar-refractivity contribution is -0.129. The second-order valence-electron chi connectivity index (χ2n) is 5.86. The van der Waals surface area contributed by atoms with Crippen molar-refractivity contribution in [2.75, 3.05) is 13.1 Å². The Morgan fingerprint density at radius 3 is 2.92 bits per heavy atom. The number of rotatable bonds is 4. The molecule has 1 atom stereocenters. The number of hydrogen-bond donors (Lipinski definition) is 1. The molecular weight excluding hydrogens is 304 g/mol. The van der Waals surface area contributed by atoms with Crippen LogP contribution in [0.3, 0.4) is 0 Å². The first kappa shape index (κ1) is 14.8. The van der Waals surface area contributed by atoms with E-state index in [4.69, 9.17) is 0 Å². The van der Waals surface area contributed by atoms with Gasteiger partial charge in [-0.15, -0.1) is 5.10 Å². The lowest BCUT2D eigenvalue weighted by Gasteiger charge is -2.34. The molecule has 1 amide bonds. The molecule has 1 unspecified atom stereocenters. The Morgan fingerprint density at radius 2 is 2.08 bits per heavy atom. The molecule has 3 heterocycles. The number of fused-ring (bicyclic) bond motifs is 1. The van der Waals surface area contributed by atoms with Crippen LogP contribution in [0.2, 0.25) is 0 Å². The zero-order valence-electron chi connectivity index (χ0n) is 13.2. The monoisotopic (exact) mass is 322 g/mol. The summed E-state index contributed by atoms with van der Waals surface area (Å²) in [5.74, 6) is 1.32. The first-order valence-corrected chi connectivity index (χ1v) is 8.01. The van der Waals surface area contributed by atoms with Gasteiger partial charge in [0.2, 0.25) is 5.91 Å². The molecule has 0 radical (unpaired) electrons. The molecule has 1 aromatic carbocycles. The summed E-state index contributed by atoms with van der Waals surface area (Å²) in [5, 5.41) is 7.40. The van der Waals surface area contributed by atoms with Crippen LogP contribution < -0.4 is 5.32 Å². The van der Waals surface area contributed by atoms with Crippen molar-refractivity contribution in [3.63, 3.8) is 0 Å². The molecule has 24 heavy (non-hydrogen) atoms. The molecule has 1 aliphatic rings. The maximum atomic E-state index is 12.4. The van der Waals surface area contributed by atoms with E-state index >= 15 is 0 Å². The van der Waals surface area contributed by atoms with Gasteiger partial charge in [0.15, 0.2) is 5.82 Å². The van der Waals surface area contributed by atoms with Crippen LogP contribution in [-0.2, 0) is 17.8 Å². The summed E-state index contributed by atoms with van der Waals surface area (Å²) in [6, 6.07) is 11.7. The van der Waals surface area contributed by atoms with Gasteiger partial charge in [0.25, 0.3) is 5.78 Å². The van der Waals surface area contributed by atoms with Gasteiger partial charge >= 0.3 is 0 Å². The standard InChI is InChI=1S/C17H18N6O/c24-16-14(11-13-5-2-1-3-6-13)22(10-8-18-16)12-15-20-17-19-7-4-9-23(17)21-15/h1-7,9,14H,8,10-12H2,(H,18,24). The molecule has 122 valence electrons. The SMILES string of the molecule is O=C1NCCN(Cc2nc3ncccn3n2)C1Cc1ccccc1. The largest absolute Gasteiger partial charge is 0.353 e. The van der Waals surface area contributed by atoms with Crippen molar-refractivity contribution in [2.24, 2.45) is 0 Å². The van der Waals surface area contributed by atoms with Gasteiger partial charge in [0, 0.05) is 25.5 Å². The number of nitrogens with one attached hydrogen (secondary N) is 1. The normalized spacial score (nSPS) is 18.7. The van der Waals surface area contributed by atoms with E-state index in [2.05, 4.69) is 25.3 Å². The van der Waals surface area contributed by atoms with Gasteiger partial charge in [0.1, 0.15) is 0 Å². The average molecular weight is 322 g/mol. The Labute approximate surface area is 139 Å². The minimum absolute atomic E-state index is 0.0620. The average Bonchev–Trinajstić information content (AvgIpc) is 3.01. The van der Waals surface area contributed by atoms with Crippen LogP contribution in [0.1, 0.15) is 11.4 Å². The summed E-state index contributed by atoms with van der Waals surface area (Å²) >= 11 is 0. The maximum Gasteiger partial charge on any atom is 0.252 e. The molecule has 0 saturated carbocycles. The fraction of sp³-hybridized carbons (Fsp3) is 0.294. The Balaban J connectivity index is 1.55. The van der Waals surface area contributed by atoms with Crippen LogP contribution in [0.25, 0.3) is 5.78 Å². The van der Waals surface area contributed by atoms with Gasteiger partial charge in [-0.1, -0.05) is 30.3 Å². The van der Waals surface area contributed by atoms with Crippen molar-refractivity contribution < 1.29 is 4.79 Å². The number of carbonyl (C=O) groups is 1. The molecular formula is C17H18N6O. The molecule has 0 bridgehead atoms. The molecule has 7 nitrogen and oxygen atoms in total. The minimum Gasteiger partial charge on any atom is -0.353 e. The number of aromatic nitrogens is 4. The second kappa shape index (κ2) is 6.37. The van der Waals surface area contributed by atoms with Gasteiger partial charge in [0.05, 0.1) is 12.6 Å². The van der Waals surface area contributed by atoms with Crippen molar-refractivity contribution in [1.82, 2.24) is 29.8 Å². The molecule has 3 aromatic rings. The van der Waals surface area contributed by atoms with Gasteiger partial charge < -0.3 is 5.32 Å². The zero-order chi connectivity index (χ0) is 16.4. The molecule has 4 rings (SSSR count). The summed E-state index contributed by atoms with van der Waals surface area (Å²) in [7, 11) is 0.